The molecule has 1 aliphatic heterocycles. The third kappa shape index (κ3) is 2.25. The number of hydrogen-bond donors (Lipinski definition) is 1. The van der Waals surface area contributed by atoms with Crippen molar-refractivity contribution in [3.05, 3.63) is 21.9 Å². The molecule has 1 fully saturated rings. The van der Waals surface area contributed by atoms with E-state index in [4.69, 9.17) is 5.73 Å². The second-order valence-corrected chi connectivity index (χ2v) is 5.71. The molecule has 0 radical (unpaired) electrons. The number of aryl methyl sites for hydroxylation is 1. The van der Waals surface area contributed by atoms with Crippen LogP contribution < -0.4 is 5.73 Å². The highest BCUT2D eigenvalue weighted by Gasteiger charge is 2.28. The summed E-state index contributed by atoms with van der Waals surface area (Å²) in [5, 5.41) is 0. The smallest absolute Gasteiger partial charge is 0.0416 e. The van der Waals surface area contributed by atoms with Crippen LogP contribution in [0.1, 0.15) is 35.6 Å². The molecular formula is C12H20N2S. The van der Waals surface area contributed by atoms with E-state index in [0.717, 1.165) is 6.54 Å². The van der Waals surface area contributed by atoms with Gasteiger partial charge in [-0.25, -0.2) is 0 Å². The van der Waals surface area contributed by atoms with E-state index < -0.39 is 0 Å². The van der Waals surface area contributed by atoms with Crippen LogP contribution in [0.2, 0.25) is 0 Å². The highest BCUT2D eigenvalue weighted by molar-refractivity contribution is 7.12. The molecule has 1 aromatic heterocycles. The third-order valence-corrected chi connectivity index (χ3v) is 4.54. The topological polar surface area (TPSA) is 29.3 Å². The van der Waals surface area contributed by atoms with Crippen molar-refractivity contribution in [1.82, 2.24) is 4.90 Å². The van der Waals surface area contributed by atoms with Crippen molar-refractivity contribution in [2.24, 2.45) is 5.73 Å². The lowest BCUT2D eigenvalue weighted by Gasteiger charge is -2.29. The molecule has 0 spiro atoms. The number of rotatable bonds is 3. The molecular weight excluding hydrogens is 204 g/mol. The molecule has 1 aromatic rings. The lowest BCUT2D eigenvalue weighted by molar-refractivity contribution is 0.199. The van der Waals surface area contributed by atoms with Gasteiger partial charge in [-0.2, -0.15) is 0 Å². The maximum atomic E-state index is 5.81. The first-order chi connectivity index (χ1) is 7.22. The summed E-state index contributed by atoms with van der Waals surface area (Å²) in [5.41, 5.74) is 5.81. The van der Waals surface area contributed by atoms with Gasteiger partial charge in [0.25, 0.3) is 0 Å². The first kappa shape index (κ1) is 11.1. The fourth-order valence-corrected chi connectivity index (χ4v) is 3.41. The van der Waals surface area contributed by atoms with Crippen LogP contribution >= 0.6 is 11.3 Å². The van der Waals surface area contributed by atoms with E-state index in [1.54, 1.807) is 0 Å². The van der Waals surface area contributed by atoms with Crippen LogP contribution in [-0.4, -0.2) is 24.0 Å². The zero-order chi connectivity index (χ0) is 10.8. The Morgan fingerprint density at radius 3 is 3.00 bits per heavy atom. The van der Waals surface area contributed by atoms with Gasteiger partial charge in [0.2, 0.25) is 0 Å². The summed E-state index contributed by atoms with van der Waals surface area (Å²) in [6.45, 7) is 6.49. The molecule has 1 saturated heterocycles. The molecule has 2 unspecified atom stereocenters. The molecule has 0 aromatic carbocycles. The molecule has 0 saturated carbocycles. The first-order valence-corrected chi connectivity index (χ1v) is 6.56. The zero-order valence-electron chi connectivity index (χ0n) is 9.57. The van der Waals surface area contributed by atoms with Crippen LogP contribution in [0.3, 0.4) is 0 Å². The summed E-state index contributed by atoms with van der Waals surface area (Å²) in [4.78, 5) is 5.44. The van der Waals surface area contributed by atoms with Crippen LogP contribution in [0.4, 0.5) is 0 Å². The van der Waals surface area contributed by atoms with Gasteiger partial charge >= 0.3 is 0 Å². The predicted molar refractivity (Wildman–Crippen MR) is 66.3 cm³/mol. The van der Waals surface area contributed by atoms with E-state index in [9.17, 15) is 0 Å². The van der Waals surface area contributed by atoms with Gasteiger partial charge in [-0.3, -0.25) is 4.90 Å². The van der Waals surface area contributed by atoms with Crippen molar-refractivity contribution in [1.29, 1.82) is 0 Å². The monoisotopic (exact) mass is 224 g/mol. The predicted octanol–water partition coefficient (Wildman–Crippen LogP) is 2.54. The Balaban J connectivity index is 2.10. The number of likely N-dealkylation sites (tertiary alicyclic amines) is 1. The highest BCUT2D eigenvalue weighted by atomic mass is 32.1. The Kier molecular flexibility index (Phi) is 3.44. The number of thiophene rings is 1. The molecule has 0 bridgehead atoms. The van der Waals surface area contributed by atoms with Crippen molar-refractivity contribution in [2.45, 2.75) is 38.8 Å². The van der Waals surface area contributed by atoms with Crippen LogP contribution in [0.15, 0.2) is 12.1 Å². The highest BCUT2D eigenvalue weighted by Crippen LogP contribution is 2.32. The van der Waals surface area contributed by atoms with Crippen molar-refractivity contribution in [3.63, 3.8) is 0 Å². The van der Waals surface area contributed by atoms with Gasteiger partial charge in [0.05, 0.1) is 0 Å². The average Bonchev–Trinajstić information content (AvgIpc) is 2.84. The van der Waals surface area contributed by atoms with E-state index in [0.29, 0.717) is 12.1 Å². The van der Waals surface area contributed by atoms with Crippen molar-refractivity contribution < 1.29 is 0 Å². The fourth-order valence-electron chi connectivity index (χ4n) is 2.46. The fraction of sp³-hybridized carbons (Fsp3) is 0.667. The first-order valence-electron chi connectivity index (χ1n) is 5.74. The maximum Gasteiger partial charge on any atom is 0.0416 e. The normalized spacial score (nSPS) is 24.6. The van der Waals surface area contributed by atoms with E-state index in [1.165, 1.54) is 29.1 Å². The van der Waals surface area contributed by atoms with Crippen LogP contribution in [0.5, 0.6) is 0 Å². The summed E-state index contributed by atoms with van der Waals surface area (Å²) in [5.74, 6) is 0. The Hall–Kier alpha value is -0.380. The van der Waals surface area contributed by atoms with E-state index >= 15 is 0 Å². The average molecular weight is 224 g/mol. The van der Waals surface area contributed by atoms with Crippen molar-refractivity contribution in [3.8, 4) is 0 Å². The summed E-state index contributed by atoms with van der Waals surface area (Å²) < 4.78 is 0. The molecule has 15 heavy (non-hydrogen) atoms. The molecule has 2 N–H and O–H groups in total. The minimum absolute atomic E-state index is 0.541. The largest absolute Gasteiger partial charge is 0.329 e. The summed E-state index contributed by atoms with van der Waals surface area (Å²) in [7, 11) is 0. The van der Waals surface area contributed by atoms with Crippen LogP contribution in [0, 0.1) is 6.92 Å². The molecule has 2 rings (SSSR count). The second-order valence-electron chi connectivity index (χ2n) is 4.39. The Labute approximate surface area is 96.1 Å². The summed E-state index contributed by atoms with van der Waals surface area (Å²) in [6.07, 6.45) is 2.57. The van der Waals surface area contributed by atoms with E-state index in [-0.39, 0.29) is 0 Å². The van der Waals surface area contributed by atoms with Gasteiger partial charge in [0.1, 0.15) is 0 Å². The molecule has 0 aliphatic carbocycles. The molecule has 2 nitrogen and oxygen atoms in total. The standard InChI is InChI=1S/C12H20N2S/c1-9-5-6-12(15-9)10(2)14-7-3-4-11(14)8-13/h5-6,10-11H,3-4,7-8,13H2,1-2H3. The Morgan fingerprint density at radius 1 is 1.60 bits per heavy atom. The molecule has 2 heterocycles. The Morgan fingerprint density at radius 2 is 2.40 bits per heavy atom. The van der Waals surface area contributed by atoms with Gasteiger partial charge in [-0.15, -0.1) is 11.3 Å². The van der Waals surface area contributed by atoms with Crippen LogP contribution in [-0.2, 0) is 0 Å². The summed E-state index contributed by atoms with van der Waals surface area (Å²) in [6, 6.07) is 5.61. The van der Waals surface area contributed by atoms with E-state index in [1.807, 2.05) is 11.3 Å². The van der Waals surface area contributed by atoms with Gasteiger partial charge in [-0.1, -0.05) is 0 Å². The van der Waals surface area contributed by atoms with Gasteiger partial charge < -0.3 is 5.73 Å². The molecule has 84 valence electrons. The quantitative estimate of drug-likeness (QED) is 0.855. The van der Waals surface area contributed by atoms with Crippen molar-refractivity contribution in [2.75, 3.05) is 13.1 Å². The second kappa shape index (κ2) is 4.64. The Bertz CT molecular complexity index is 321. The lowest BCUT2D eigenvalue weighted by Crippen LogP contribution is -2.36. The number of nitrogens with zero attached hydrogens (tertiary/aromatic N) is 1. The SMILES string of the molecule is Cc1ccc(C(C)N2CCCC2CN)s1. The maximum absolute atomic E-state index is 5.81. The summed E-state index contributed by atoms with van der Waals surface area (Å²) >= 11 is 1.91. The van der Waals surface area contributed by atoms with Gasteiger partial charge in [0, 0.05) is 28.4 Å². The van der Waals surface area contributed by atoms with E-state index in [2.05, 4.69) is 30.9 Å². The number of hydrogen-bond acceptors (Lipinski definition) is 3. The molecule has 2 atom stereocenters. The number of nitrogens with two attached hydrogens (primary N) is 1. The minimum atomic E-state index is 0.541. The molecule has 3 heteroatoms. The molecule has 0 amide bonds. The third-order valence-electron chi connectivity index (χ3n) is 3.37. The lowest BCUT2D eigenvalue weighted by atomic mass is 10.2. The zero-order valence-corrected chi connectivity index (χ0v) is 10.4. The molecule has 1 aliphatic rings. The minimum Gasteiger partial charge on any atom is -0.329 e. The van der Waals surface area contributed by atoms with Gasteiger partial charge in [0.15, 0.2) is 0 Å². The van der Waals surface area contributed by atoms with Crippen molar-refractivity contribution >= 4 is 11.3 Å². The van der Waals surface area contributed by atoms with Crippen LogP contribution in [0.25, 0.3) is 0 Å². The van der Waals surface area contributed by atoms with Gasteiger partial charge in [-0.05, 0) is 45.4 Å².